The summed E-state index contributed by atoms with van der Waals surface area (Å²) >= 11 is 0. The van der Waals surface area contributed by atoms with E-state index in [0.717, 1.165) is 12.2 Å². The second-order valence-electron chi connectivity index (χ2n) is 5.78. The van der Waals surface area contributed by atoms with Gasteiger partial charge >= 0.3 is 0 Å². The van der Waals surface area contributed by atoms with Gasteiger partial charge in [0.15, 0.2) is 0 Å². The van der Waals surface area contributed by atoms with Crippen molar-refractivity contribution in [2.75, 3.05) is 6.61 Å². The molecule has 1 aromatic rings. The first-order valence-electron chi connectivity index (χ1n) is 6.60. The standard InChI is InChI=1S/C17H24O/c1-7-13(3)11-14-12-15(17(4,5)6)9-10-16(14)18-8-2/h1,9-10,12-13H,8,11H2,2-6H3. The molecule has 1 nitrogen and oxygen atoms in total. The maximum absolute atomic E-state index is 5.68. The fourth-order valence-corrected chi connectivity index (χ4v) is 1.89. The molecule has 0 aliphatic heterocycles. The van der Waals surface area contributed by atoms with Crippen LogP contribution in [0, 0.1) is 18.3 Å². The van der Waals surface area contributed by atoms with Crippen LogP contribution in [-0.2, 0) is 11.8 Å². The van der Waals surface area contributed by atoms with Gasteiger partial charge < -0.3 is 4.74 Å². The van der Waals surface area contributed by atoms with E-state index in [0.29, 0.717) is 6.61 Å². The Balaban J connectivity index is 3.12. The highest BCUT2D eigenvalue weighted by Gasteiger charge is 2.16. The van der Waals surface area contributed by atoms with Gasteiger partial charge in [0.05, 0.1) is 6.61 Å². The van der Waals surface area contributed by atoms with Crippen LogP contribution in [0.4, 0.5) is 0 Å². The Hall–Kier alpha value is -1.42. The highest BCUT2D eigenvalue weighted by molar-refractivity contribution is 5.40. The van der Waals surface area contributed by atoms with Gasteiger partial charge in [-0.1, -0.05) is 39.8 Å². The predicted molar refractivity (Wildman–Crippen MR) is 78.0 cm³/mol. The van der Waals surface area contributed by atoms with Crippen LogP contribution in [0.15, 0.2) is 18.2 Å². The highest BCUT2D eigenvalue weighted by Crippen LogP contribution is 2.29. The maximum atomic E-state index is 5.68. The molecule has 0 aromatic heterocycles. The molecule has 0 amide bonds. The maximum Gasteiger partial charge on any atom is 0.122 e. The number of terminal acetylenes is 1. The number of ether oxygens (including phenoxy) is 1. The van der Waals surface area contributed by atoms with Crippen molar-refractivity contribution < 1.29 is 4.74 Å². The Bertz CT molecular complexity index is 432. The van der Waals surface area contributed by atoms with Crippen molar-refractivity contribution in [3.8, 4) is 18.1 Å². The van der Waals surface area contributed by atoms with Crippen molar-refractivity contribution in [1.82, 2.24) is 0 Å². The molecule has 0 fully saturated rings. The lowest BCUT2D eigenvalue weighted by Crippen LogP contribution is -2.12. The molecule has 0 bridgehead atoms. The largest absolute Gasteiger partial charge is 0.494 e. The second kappa shape index (κ2) is 5.96. The third-order valence-electron chi connectivity index (χ3n) is 3.04. The Morgan fingerprint density at radius 1 is 1.33 bits per heavy atom. The molecule has 0 saturated heterocycles. The van der Waals surface area contributed by atoms with E-state index in [1.807, 2.05) is 6.92 Å². The molecule has 0 saturated carbocycles. The van der Waals surface area contributed by atoms with Gasteiger partial charge in [0.25, 0.3) is 0 Å². The molecule has 0 heterocycles. The van der Waals surface area contributed by atoms with Crippen molar-refractivity contribution in [3.63, 3.8) is 0 Å². The van der Waals surface area contributed by atoms with Crippen LogP contribution in [0.3, 0.4) is 0 Å². The first-order valence-corrected chi connectivity index (χ1v) is 6.60. The lowest BCUT2D eigenvalue weighted by Gasteiger charge is -2.22. The predicted octanol–water partition coefficient (Wildman–Crippen LogP) is 4.19. The number of rotatable bonds is 4. The summed E-state index contributed by atoms with van der Waals surface area (Å²) in [6, 6.07) is 6.45. The normalized spacial score (nSPS) is 12.9. The van der Waals surface area contributed by atoms with E-state index >= 15 is 0 Å². The van der Waals surface area contributed by atoms with Crippen LogP contribution in [0.25, 0.3) is 0 Å². The van der Waals surface area contributed by atoms with E-state index in [2.05, 4.69) is 51.8 Å². The van der Waals surface area contributed by atoms with Gasteiger partial charge in [-0.3, -0.25) is 0 Å². The molecule has 0 radical (unpaired) electrons. The quantitative estimate of drug-likeness (QED) is 0.721. The molecule has 18 heavy (non-hydrogen) atoms. The highest BCUT2D eigenvalue weighted by atomic mass is 16.5. The van der Waals surface area contributed by atoms with Gasteiger partial charge in [0, 0.05) is 5.92 Å². The third-order valence-corrected chi connectivity index (χ3v) is 3.04. The molecule has 1 rings (SSSR count). The first kappa shape index (κ1) is 14.6. The fraction of sp³-hybridized carbons (Fsp3) is 0.529. The van der Waals surface area contributed by atoms with E-state index in [4.69, 9.17) is 11.2 Å². The van der Waals surface area contributed by atoms with Crippen LogP contribution < -0.4 is 4.74 Å². The third kappa shape index (κ3) is 3.81. The molecular formula is C17H24O. The van der Waals surface area contributed by atoms with Gasteiger partial charge in [-0.05, 0) is 36.0 Å². The van der Waals surface area contributed by atoms with E-state index < -0.39 is 0 Å². The molecule has 0 aliphatic rings. The smallest absolute Gasteiger partial charge is 0.122 e. The van der Waals surface area contributed by atoms with E-state index in [1.54, 1.807) is 0 Å². The average Bonchev–Trinajstić information content (AvgIpc) is 2.30. The Morgan fingerprint density at radius 3 is 2.50 bits per heavy atom. The van der Waals surface area contributed by atoms with E-state index in [-0.39, 0.29) is 11.3 Å². The zero-order valence-corrected chi connectivity index (χ0v) is 12.2. The summed E-state index contributed by atoms with van der Waals surface area (Å²) in [6.45, 7) is 11.4. The van der Waals surface area contributed by atoms with Crippen molar-refractivity contribution in [1.29, 1.82) is 0 Å². The van der Waals surface area contributed by atoms with E-state index in [9.17, 15) is 0 Å². The summed E-state index contributed by atoms with van der Waals surface area (Å²) < 4.78 is 5.68. The number of hydrogen-bond donors (Lipinski definition) is 0. The summed E-state index contributed by atoms with van der Waals surface area (Å²) in [5.74, 6) is 3.99. The lowest BCUT2D eigenvalue weighted by molar-refractivity contribution is 0.335. The van der Waals surface area contributed by atoms with Crippen molar-refractivity contribution in [2.24, 2.45) is 5.92 Å². The van der Waals surface area contributed by atoms with E-state index in [1.165, 1.54) is 11.1 Å². The molecule has 1 heteroatoms. The second-order valence-corrected chi connectivity index (χ2v) is 5.78. The first-order chi connectivity index (χ1) is 8.38. The summed E-state index contributed by atoms with van der Waals surface area (Å²) in [6.07, 6.45) is 6.35. The van der Waals surface area contributed by atoms with Crippen LogP contribution in [0.5, 0.6) is 5.75 Å². The van der Waals surface area contributed by atoms with Gasteiger partial charge in [-0.25, -0.2) is 0 Å². The average molecular weight is 244 g/mol. The van der Waals surface area contributed by atoms with Gasteiger partial charge in [-0.15, -0.1) is 12.3 Å². The van der Waals surface area contributed by atoms with Crippen LogP contribution >= 0.6 is 0 Å². The van der Waals surface area contributed by atoms with Gasteiger partial charge in [0.2, 0.25) is 0 Å². The van der Waals surface area contributed by atoms with Crippen LogP contribution in [0.1, 0.15) is 45.7 Å². The molecule has 1 aromatic carbocycles. The minimum absolute atomic E-state index is 0.152. The minimum Gasteiger partial charge on any atom is -0.494 e. The van der Waals surface area contributed by atoms with Gasteiger partial charge in [-0.2, -0.15) is 0 Å². The summed E-state index contributed by atoms with van der Waals surface area (Å²) in [5.41, 5.74) is 2.69. The van der Waals surface area contributed by atoms with Crippen molar-refractivity contribution in [3.05, 3.63) is 29.3 Å². The SMILES string of the molecule is C#CC(C)Cc1cc(C(C)(C)C)ccc1OCC. The van der Waals surface area contributed by atoms with Crippen LogP contribution in [0.2, 0.25) is 0 Å². The Labute approximate surface area is 112 Å². The summed E-state index contributed by atoms with van der Waals surface area (Å²) in [5, 5.41) is 0. The summed E-state index contributed by atoms with van der Waals surface area (Å²) in [7, 11) is 0. The Morgan fingerprint density at radius 2 is 2.00 bits per heavy atom. The van der Waals surface area contributed by atoms with Crippen LogP contribution in [-0.4, -0.2) is 6.61 Å². The molecule has 98 valence electrons. The number of benzene rings is 1. The molecule has 0 spiro atoms. The topological polar surface area (TPSA) is 9.23 Å². The minimum atomic E-state index is 0.152. The van der Waals surface area contributed by atoms with Crippen molar-refractivity contribution in [2.45, 2.75) is 46.5 Å². The molecule has 1 unspecified atom stereocenters. The molecule has 0 N–H and O–H groups in total. The number of hydrogen-bond acceptors (Lipinski definition) is 1. The Kier molecular flexibility index (Phi) is 4.84. The zero-order chi connectivity index (χ0) is 13.8. The fourth-order valence-electron chi connectivity index (χ4n) is 1.89. The lowest BCUT2D eigenvalue weighted by atomic mass is 9.85. The zero-order valence-electron chi connectivity index (χ0n) is 12.2. The molecular weight excluding hydrogens is 220 g/mol. The molecule has 0 aliphatic carbocycles. The monoisotopic (exact) mass is 244 g/mol. The van der Waals surface area contributed by atoms with Gasteiger partial charge in [0.1, 0.15) is 5.75 Å². The van der Waals surface area contributed by atoms with Crippen molar-refractivity contribution >= 4 is 0 Å². The molecule has 1 atom stereocenters. The summed E-state index contributed by atoms with van der Waals surface area (Å²) in [4.78, 5) is 0.